The van der Waals surface area contributed by atoms with E-state index in [2.05, 4.69) is 13.8 Å². The van der Waals surface area contributed by atoms with Gasteiger partial charge < -0.3 is 0 Å². The molecule has 0 amide bonds. The lowest BCUT2D eigenvalue weighted by Gasteiger charge is -2.16. The molecule has 0 unspecified atom stereocenters. The van der Waals surface area contributed by atoms with Crippen LogP contribution in [0.1, 0.15) is 194 Å². The second-order valence-electron chi connectivity index (χ2n) is 11.1. The fourth-order valence-electron chi connectivity index (χ4n) is 5.30. The molecule has 0 heterocycles. The molecule has 0 aliphatic rings. The van der Waals surface area contributed by atoms with Crippen LogP contribution in [0.5, 0.6) is 0 Å². The minimum atomic E-state index is -0.144. The van der Waals surface area contributed by atoms with E-state index in [1.165, 1.54) is 167 Å². The van der Waals surface area contributed by atoms with Gasteiger partial charge in [0.05, 0.1) is 0 Å². The summed E-state index contributed by atoms with van der Waals surface area (Å²) in [4.78, 5) is 11.3. The average Bonchev–Trinajstić information content (AvgIpc) is 2.83. The van der Waals surface area contributed by atoms with Gasteiger partial charge in [-0.15, -0.1) is 0 Å². The van der Waals surface area contributed by atoms with Gasteiger partial charge in [-0.05, 0) is 23.9 Å². The van der Waals surface area contributed by atoms with Crippen molar-refractivity contribution in [3.8, 4) is 0 Å². The van der Waals surface area contributed by atoms with E-state index in [-0.39, 0.29) is 5.24 Å². The van der Waals surface area contributed by atoms with Gasteiger partial charge in [-0.1, -0.05) is 181 Å². The Morgan fingerprint density at radius 3 is 0.971 bits per heavy atom. The highest BCUT2D eigenvalue weighted by atomic mass is 35.5. The quantitative estimate of drug-likeness (QED) is 0.0739. The Kier molecular flexibility index (Phi) is 29.2. The Bertz CT molecular complexity index is 366. The van der Waals surface area contributed by atoms with Crippen LogP contribution < -0.4 is 0 Å². The second kappa shape index (κ2) is 29.2. The standard InChI is InChI=1S/C32H63ClO/c1-3-5-7-9-11-13-15-17-19-21-23-25-27-31(29-30-32(33)34)28-26-24-22-20-18-16-14-12-10-8-6-4-2/h31H,3-30H2,1-2H3. The van der Waals surface area contributed by atoms with Gasteiger partial charge in [0, 0.05) is 6.42 Å². The van der Waals surface area contributed by atoms with Crippen molar-refractivity contribution < 1.29 is 4.79 Å². The van der Waals surface area contributed by atoms with Gasteiger partial charge in [-0.25, -0.2) is 0 Å². The summed E-state index contributed by atoms with van der Waals surface area (Å²) >= 11 is 5.64. The van der Waals surface area contributed by atoms with Crippen LogP contribution in [0.2, 0.25) is 0 Å². The minimum Gasteiger partial charge on any atom is -0.281 e. The SMILES string of the molecule is CCCCCCCCCCCCCCC(CCCCCCCCCCCCCC)CCC(=O)Cl. The van der Waals surface area contributed by atoms with E-state index >= 15 is 0 Å². The summed E-state index contributed by atoms with van der Waals surface area (Å²) in [5, 5.41) is -0.144. The highest BCUT2D eigenvalue weighted by Crippen LogP contribution is 2.24. The van der Waals surface area contributed by atoms with Crippen molar-refractivity contribution in [1.82, 2.24) is 0 Å². The highest BCUT2D eigenvalue weighted by Gasteiger charge is 2.10. The summed E-state index contributed by atoms with van der Waals surface area (Å²) in [6.45, 7) is 4.58. The van der Waals surface area contributed by atoms with Gasteiger partial charge in [-0.2, -0.15) is 0 Å². The number of halogens is 1. The van der Waals surface area contributed by atoms with Crippen molar-refractivity contribution in [3.63, 3.8) is 0 Å². The van der Waals surface area contributed by atoms with Gasteiger partial charge in [0.1, 0.15) is 0 Å². The fraction of sp³-hybridized carbons (Fsp3) is 0.969. The molecule has 0 spiro atoms. The molecule has 0 aliphatic carbocycles. The van der Waals surface area contributed by atoms with Crippen LogP contribution >= 0.6 is 11.6 Å². The smallest absolute Gasteiger partial charge is 0.221 e. The molecule has 0 aromatic rings. The lowest BCUT2D eigenvalue weighted by molar-refractivity contribution is -0.112. The van der Waals surface area contributed by atoms with E-state index in [1.54, 1.807) is 0 Å². The van der Waals surface area contributed by atoms with Crippen LogP contribution in [0.4, 0.5) is 0 Å². The van der Waals surface area contributed by atoms with Crippen LogP contribution in [0.25, 0.3) is 0 Å². The van der Waals surface area contributed by atoms with E-state index in [0.29, 0.717) is 12.3 Å². The van der Waals surface area contributed by atoms with Crippen LogP contribution in [0.15, 0.2) is 0 Å². The Morgan fingerprint density at radius 1 is 0.441 bits per heavy atom. The van der Waals surface area contributed by atoms with Crippen LogP contribution in [0, 0.1) is 5.92 Å². The zero-order valence-electron chi connectivity index (χ0n) is 23.7. The first kappa shape index (κ1) is 34.0. The Labute approximate surface area is 221 Å². The van der Waals surface area contributed by atoms with Gasteiger partial charge in [0.2, 0.25) is 5.24 Å². The molecule has 0 fully saturated rings. The van der Waals surface area contributed by atoms with Crippen molar-refractivity contribution in [3.05, 3.63) is 0 Å². The maximum atomic E-state index is 11.3. The molecule has 0 radical (unpaired) electrons. The topological polar surface area (TPSA) is 17.1 Å². The van der Waals surface area contributed by atoms with Crippen molar-refractivity contribution in [2.45, 2.75) is 194 Å². The summed E-state index contributed by atoms with van der Waals surface area (Å²) in [5.41, 5.74) is 0. The molecule has 0 saturated carbocycles. The third-order valence-electron chi connectivity index (χ3n) is 7.68. The first-order valence-electron chi connectivity index (χ1n) is 15.9. The zero-order valence-corrected chi connectivity index (χ0v) is 24.4. The molecule has 0 atom stereocenters. The molecule has 2 heteroatoms. The molecule has 204 valence electrons. The predicted octanol–water partition coefficient (Wildman–Crippen LogP) is 12.3. The zero-order chi connectivity index (χ0) is 25.0. The molecule has 1 nitrogen and oxygen atoms in total. The van der Waals surface area contributed by atoms with Gasteiger partial charge in [-0.3, -0.25) is 4.79 Å². The third-order valence-corrected chi connectivity index (χ3v) is 7.87. The summed E-state index contributed by atoms with van der Waals surface area (Å²) in [5.74, 6) is 0.717. The van der Waals surface area contributed by atoms with E-state index in [1.807, 2.05) is 0 Å². The molecular weight excluding hydrogens is 436 g/mol. The Balaban J connectivity index is 3.61. The fourth-order valence-corrected chi connectivity index (χ4v) is 5.41. The van der Waals surface area contributed by atoms with Gasteiger partial charge in [0.25, 0.3) is 0 Å². The summed E-state index contributed by atoms with van der Waals surface area (Å²) < 4.78 is 0. The number of hydrogen-bond acceptors (Lipinski definition) is 1. The van der Waals surface area contributed by atoms with E-state index in [4.69, 9.17) is 11.6 Å². The van der Waals surface area contributed by atoms with Crippen molar-refractivity contribution in [2.75, 3.05) is 0 Å². The van der Waals surface area contributed by atoms with Crippen LogP contribution in [-0.4, -0.2) is 5.24 Å². The van der Waals surface area contributed by atoms with Crippen molar-refractivity contribution in [1.29, 1.82) is 0 Å². The first-order chi connectivity index (χ1) is 16.7. The predicted molar refractivity (Wildman–Crippen MR) is 155 cm³/mol. The maximum absolute atomic E-state index is 11.3. The molecule has 0 aromatic heterocycles. The second-order valence-corrected chi connectivity index (χ2v) is 11.5. The molecule has 0 aliphatic heterocycles. The molecule has 0 rings (SSSR count). The minimum absolute atomic E-state index is 0.144. The summed E-state index contributed by atoms with van der Waals surface area (Å²) in [7, 11) is 0. The molecule has 34 heavy (non-hydrogen) atoms. The lowest BCUT2D eigenvalue weighted by Crippen LogP contribution is -2.03. The Morgan fingerprint density at radius 2 is 0.706 bits per heavy atom. The van der Waals surface area contributed by atoms with Crippen molar-refractivity contribution >= 4 is 16.8 Å². The molecule has 0 bridgehead atoms. The van der Waals surface area contributed by atoms with Crippen LogP contribution in [0.3, 0.4) is 0 Å². The number of hydrogen-bond donors (Lipinski definition) is 0. The van der Waals surface area contributed by atoms with E-state index in [0.717, 1.165) is 6.42 Å². The highest BCUT2D eigenvalue weighted by molar-refractivity contribution is 6.63. The Hall–Kier alpha value is -0.0400. The summed E-state index contributed by atoms with van der Waals surface area (Å²) in [6, 6.07) is 0. The number of rotatable bonds is 29. The van der Waals surface area contributed by atoms with Crippen LogP contribution in [-0.2, 0) is 4.79 Å². The lowest BCUT2D eigenvalue weighted by atomic mass is 9.90. The molecule has 0 N–H and O–H groups in total. The first-order valence-corrected chi connectivity index (χ1v) is 16.3. The monoisotopic (exact) mass is 498 g/mol. The molecule has 0 saturated heterocycles. The molecular formula is C32H63ClO. The summed E-state index contributed by atoms with van der Waals surface area (Å²) in [6.07, 6.45) is 38.1. The third kappa shape index (κ3) is 28.2. The number of carbonyl (C=O) groups excluding carboxylic acids is 1. The van der Waals surface area contributed by atoms with Gasteiger partial charge in [0.15, 0.2) is 0 Å². The average molecular weight is 499 g/mol. The number of carbonyl (C=O) groups is 1. The van der Waals surface area contributed by atoms with Crippen molar-refractivity contribution in [2.24, 2.45) is 5.92 Å². The molecule has 0 aromatic carbocycles. The maximum Gasteiger partial charge on any atom is 0.221 e. The van der Waals surface area contributed by atoms with E-state index in [9.17, 15) is 4.79 Å². The van der Waals surface area contributed by atoms with Gasteiger partial charge >= 0.3 is 0 Å². The van der Waals surface area contributed by atoms with E-state index < -0.39 is 0 Å². The number of unbranched alkanes of at least 4 members (excludes halogenated alkanes) is 22. The normalized spacial score (nSPS) is 11.5. The largest absolute Gasteiger partial charge is 0.281 e.